The monoisotopic (exact) mass is 369 g/mol. The molecule has 1 saturated heterocycles. The van der Waals surface area contributed by atoms with Gasteiger partial charge in [-0.05, 0) is 62.3 Å². The van der Waals surface area contributed by atoms with Gasteiger partial charge in [0.15, 0.2) is 5.96 Å². The van der Waals surface area contributed by atoms with Crippen LogP contribution >= 0.6 is 0 Å². The lowest BCUT2D eigenvalue weighted by Crippen LogP contribution is -2.40. The molecule has 1 atom stereocenters. The number of guanidine groups is 1. The second-order valence-electron chi connectivity index (χ2n) is 8.63. The van der Waals surface area contributed by atoms with Gasteiger partial charge in [0.05, 0.1) is 13.2 Å². The number of likely N-dealkylation sites (tertiary alicyclic amines) is 1. The van der Waals surface area contributed by atoms with Crippen molar-refractivity contribution in [1.82, 2.24) is 10.2 Å². The number of rotatable bonds is 9. The van der Waals surface area contributed by atoms with Gasteiger partial charge in [-0.3, -0.25) is 4.99 Å². The quantitative estimate of drug-likeness (QED) is 0.529. The number of benzene rings is 1. The first kappa shape index (κ1) is 18.8. The molecule has 0 amide bonds. The van der Waals surface area contributed by atoms with Gasteiger partial charge >= 0.3 is 0 Å². The van der Waals surface area contributed by atoms with E-state index >= 15 is 0 Å². The lowest BCUT2D eigenvalue weighted by Gasteiger charge is -2.23. The average molecular weight is 370 g/mol. The third-order valence-corrected chi connectivity index (χ3v) is 6.29. The topological polar surface area (TPSA) is 36.9 Å². The molecule has 3 aliphatic rings. The van der Waals surface area contributed by atoms with E-state index in [1.165, 1.54) is 37.7 Å². The van der Waals surface area contributed by atoms with Gasteiger partial charge in [0.25, 0.3) is 0 Å². The summed E-state index contributed by atoms with van der Waals surface area (Å²) >= 11 is 0. The van der Waals surface area contributed by atoms with E-state index in [2.05, 4.69) is 47.5 Å². The largest absolute Gasteiger partial charge is 0.376 e. The molecule has 1 aromatic rings. The van der Waals surface area contributed by atoms with E-state index in [1.807, 2.05) is 0 Å². The first-order chi connectivity index (χ1) is 13.3. The number of aliphatic imine (C=N–C) groups is 1. The van der Waals surface area contributed by atoms with Crippen LogP contribution in [0.25, 0.3) is 0 Å². The summed E-state index contributed by atoms with van der Waals surface area (Å²) in [6.45, 7) is 7.88. The van der Waals surface area contributed by atoms with Crippen molar-refractivity contribution >= 4 is 5.96 Å². The zero-order valence-corrected chi connectivity index (χ0v) is 16.8. The van der Waals surface area contributed by atoms with E-state index in [9.17, 15) is 0 Å². The van der Waals surface area contributed by atoms with Gasteiger partial charge in [-0.2, -0.15) is 0 Å². The van der Waals surface area contributed by atoms with Crippen LogP contribution in [0.4, 0.5) is 0 Å². The van der Waals surface area contributed by atoms with Crippen LogP contribution in [-0.2, 0) is 11.3 Å². The Bertz CT molecular complexity index is 597. The van der Waals surface area contributed by atoms with Gasteiger partial charge in [-0.15, -0.1) is 0 Å². The molecular formula is C23H35N3O. The second-order valence-corrected chi connectivity index (χ2v) is 8.63. The average Bonchev–Trinajstić information content (AvgIpc) is 3.62. The third-order valence-electron chi connectivity index (χ3n) is 6.29. The maximum absolute atomic E-state index is 5.98. The van der Waals surface area contributed by atoms with Gasteiger partial charge in [-0.1, -0.05) is 30.3 Å². The lowest BCUT2D eigenvalue weighted by atomic mass is 9.98. The lowest BCUT2D eigenvalue weighted by molar-refractivity contribution is 0.0906. The van der Waals surface area contributed by atoms with E-state index in [4.69, 9.17) is 9.73 Å². The standard InChI is InChI=1S/C23H35N3O/c1-2-24-23(25-14-22(20-8-9-20)21-10-11-21)26-13-12-19(15-26)17-27-16-18-6-4-3-5-7-18/h3-7,19-22H,2,8-17H2,1H3,(H,24,25). The molecule has 1 aromatic carbocycles. The molecule has 4 heteroatoms. The van der Waals surface area contributed by atoms with Crippen LogP contribution in [0.5, 0.6) is 0 Å². The summed E-state index contributed by atoms with van der Waals surface area (Å²) in [7, 11) is 0. The molecule has 0 aromatic heterocycles. The molecule has 0 bridgehead atoms. The van der Waals surface area contributed by atoms with Gasteiger partial charge in [0.2, 0.25) is 0 Å². The van der Waals surface area contributed by atoms with Crippen LogP contribution in [0, 0.1) is 23.7 Å². The van der Waals surface area contributed by atoms with Gasteiger partial charge in [-0.25, -0.2) is 0 Å². The fourth-order valence-corrected chi connectivity index (χ4v) is 4.43. The maximum Gasteiger partial charge on any atom is 0.193 e. The predicted molar refractivity (Wildman–Crippen MR) is 111 cm³/mol. The Balaban J connectivity index is 1.25. The first-order valence-electron chi connectivity index (χ1n) is 11.0. The minimum absolute atomic E-state index is 0.611. The second kappa shape index (κ2) is 9.09. The van der Waals surface area contributed by atoms with Crippen molar-refractivity contribution in [3.05, 3.63) is 35.9 Å². The Hall–Kier alpha value is -1.55. The van der Waals surface area contributed by atoms with Crippen LogP contribution in [0.3, 0.4) is 0 Å². The van der Waals surface area contributed by atoms with Crippen LogP contribution in [0.15, 0.2) is 35.3 Å². The zero-order chi connectivity index (χ0) is 18.5. The molecule has 3 fully saturated rings. The summed E-state index contributed by atoms with van der Waals surface area (Å²) in [4.78, 5) is 7.53. The van der Waals surface area contributed by atoms with Crippen LogP contribution in [0.2, 0.25) is 0 Å². The zero-order valence-electron chi connectivity index (χ0n) is 16.8. The molecule has 0 spiro atoms. The number of ether oxygens (including phenoxy) is 1. The highest BCUT2D eigenvalue weighted by Crippen LogP contribution is 2.49. The van der Waals surface area contributed by atoms with Gasteiger partial charge < -0.3 is 15.0 Å². The van der Waals surface area contributed by atoms with E-state index < -0.39 is 0 Å². The van der Waals surface area contributed by atoms with Crippen molar-refractivity contribution in [3.8, 4) is 0 Å². The Morgan fingerprint density at radius 1 is 1.15 bits per heavy atom. The van der Waals surface area contributed by atoms with Crippen molar-refractivity contribution < 1.29 is 4.74 Å². The Morgan fingerprint density at radius 2 is 1.89 bits per heavy atom. The van der Waals surface area contributed by atoms with E-state index in [0.717, 1.165) is 63.1 Å². The van der Waals surface area contributed by atoms with E-state index in [1.54, 1.807) is 0 Å². The smallest absolute Gasteiger partial charge is 0.193 e. The summed E-state index contributed by atoms with van der Waals surface area (Å²) in [5.74, 6) is 4.55. The number of nitrogens with one attached hydrogen (secondary N) is 1. The molecule has 0 radical (unpaired) electrons. The Kier molecular flexibility index (Phi) is 6.33. The molecule has 4 rings (SSSR count). The highest BCUT2D eigenvalue weighted by atomic mass is 16.5. The van der Waals surface area contributed by atoms with E-state index in [0.29, 0.717) is 5.92 Å². The Labute approximate surface area is 164 Å². The van der Waals surface area contributed by atoms with Gasteiger partial charge in [0.1, 0.15) is 0 Å². The minimum atomic E-state index is 0.611. The highest BCUT2D eigenvalue weighted by molar-refractivity contribution is 5.80. The molecule has 27 heavy (non-hydrogen) atoms. The van der Waals surface area contributed by atoms with Crippen molar-refractivity contribution in [2.24, 2.45) is 28.7 Å². The molecule has 1 unspecified atom stereocenters. The fourth-order valence-electron chi connectivity index (χ4n) is 4.43. The SMILES string of the molecule is CCNC(=NCC(C1CC1)C1CC1)N1CCC(COCc2ccccc2)C1. The molecule has 2 saturated carbocycles. The fraction of sp³-hybridized carbons (Fsp3) is 0.696. The molecule has 4 nitrogen and oxygen atoms in total. The third kappa shape index (κ3) is 5.47. The van der Waals surface area contributed by atoms with Crippen molar-refractivity contribution in [2.75, 3.05) is 32.8 Å². The summed E-state index contributed by atoms with van der Waals surface area (Å²) in [5, 5.41) is 3.54. The first-order valence-corrected chi connectivity index (χ1v) is 11.0. The molecule has 2 aliphatic carbocycles. The van der Waals surface area contributed by atoms with Gasteiger partial charge in [0, 0.05) is 32.1 Å². The summed E-state index contributed by atoms with van der Waals surface area (Å²) < 4.78 is 5.98. The van der Waals surface area contributed by atoms with Crippen LogP contribution in [0.1, 0.15) is 44.6 Å². The van der Waals surface area contributed by atoms with Crippen molar-refractivity contribution in [2.45, 2.75) is 45.6 Å². The summed E-state index contributed by atoms with van der Waals surface area (Å²) in [5.41, 5.74) is 1.26. The van der Waals surface area contributed by atoms with E-state index in [-0.39, 0.29) is 0 Å². The molecular weight excluding hydrogens is 334 g/mol. The van der Waals surface area contributed by atoms with Crippen molar-refractivity contribution in [3.63, 3.8) is 0 Å². The number of hydrogen-bond donors (Lipinski definition) is 1. The molecule has 1 aliphatic heterocycles. The highest BCUT2D eigenvalue weighted by Gasteiger charge is 2.41. The summed E-state index contributed by atoms with van der Waals surface area (Å²) in [6.07, 6.45) is 6.97. The van der Waals surface area contributed by atoms with Crippen LogP contribution < -0.4 is 5.32 Å². The number of nitrogens with zero attached hydrogens (tertiary/aromatic N) is 2. The Morgan fingerprint density at radius 3 is 2.56 bits per heavy atom. The van der Waals surface area contributed by atoms with Crippen LogP contribution in [-0.4, -0.2) is 43.6 Å². The normalized spacial score (nSPS) is 23.3. The molecule has 1 heterocycles. The molecule has 148 valence electrons. The predicted octanol–water partition coefficient (Wildman–Crippen LogP) is 3.93. The summed E-state index contributed by atoms with van der Waals surface area (Å²) in [6, 6.07) is 10.5. The molecule has 1 N–H and O–H groups in total. The number of hydrogen-bond acceptors (Lipinski definition) is 2. The van der Waals surface area contributed by atoms with Crippen molar-refractivity contribution in [1.29, 1.82) is 0 Å². The maximum atomic E-state index is 5.98. The minimum Gasteiger partial charge on any atom is -0.376 e.